The van der Waals surface area contributed by atoms with Crippen molar-refractivity contribution in [2.45, 2.75) is 27.2 Å². The molecule has 0 saturated carbocycles. The maximum Gasteiger partial charge on any atom is 0.224 e. The van der Waals surface area contributed by atoms with Crippen LogP contribution >= 0.6 is 0 Å². The number of carbonyl (C=O) groups is 1. The molecule has 3 heteroatoms. The molecule has 3 nitrogen and oxygen atoms in total. The zero-order valence-electron chi connectivity index (χ0n) is 11.0. The van der Waals surface area contributed by atoms with Crippen LogP contribution in [0.15, 0.2) is 18.2 Å². The van der Waals surface area contributed by atoms with E-state index in [2.05, 4.69) is 5.32 Å². The zero-order valence-corrected chi connectivity index (χ0v) is 11.0. The number of ether oxygens (including phenoxy) is 1. The molecule has 1 N–H and O–H groups in total. The Balaban J connectivity index is 2.62. The fourth-order valence-electron chi connectivity index (χ4n) is 1.86. The summed E-state index contributed by atoms with van der Waals surface area (Å²) in [5.74, 6) is 0.288. The number of anilines is 1. The van der Waals surface area contributed by atoms with Crippen LogP contribution in [0.4, 0.5) is 5.69 Å². The van der Waals surface area contributed by atoms with E-state index in [0.717, 1.165) is 16.8 Å². The molecule has 0 aliphatic carbocycles. The summed E-state index contributed by atoms with van der Waals surface area (Å²) in [5.41, 5.74) is 3.12. The monoisotopic (exact) mass is 235 g/mol. The van der Waals surface area contributed by atoms with Gasteiger partial charge in [-0.1, -0.05) is 25.1 Å². The molecule has 1 unspecified atom stereocenters. The van der Waals surface area contributed by atoms with Crippen molar-refractivity contribution in [3.8, 4) is 0 Å². The minimum atomic E-state index is 0.0481. The molecular formula is C14H21NO2. The Morgan fingerprint density at radius 2 is 1.94 bits per heavy atom. The van der Waals surface area contributed by atoms with E-state index in [1.165, 1.54) is 0 Å². The third kappa shape index (κ3) is 4.19. The number of hydrogen-bond acceptors (Lipinski definition) is 2. The van der Waals surface area contributed by atoms with E-state index >= 15 is 0 Å². The van der Waals surface area contributed by atoms with Gasteiger partial charge in [0.15, 0.2) is 0 Å². The van der Waals surface area contributed by atoms with Gasteiger partial charge in [0.2, 0.25) is 5.91 Å². The number of amides is 1. The molecule has 1 aromatic carbocycles. The Morgan fingerprint density at radius 3 is 2.47 bits per heavy atom. The van der Waals surface area contributed by atoms with Gasteiger partial charge >= 0.3 is 0 Å². The maximum atomic E-state index is 11.8. The molecule has 94 valence electrons. The lowest BCUT2D eigenvalue weighted by Crippen LogP contribution is -2.18. The quantitative estimate of drug-likeness (QED) is 0.852. The first-order valence-electron chi connectivity index (χ1n) is 5.89. The second kappa shape index (κ2) is 6.40. The molecule has 1 rings (SSSR count). The van der Waals surface area contributed by atoms with Crippen molar-refractivity contribution < 1.29 is 9.53 Å². The highest BCUT2D eigenvalue weighted by Crippen LogP contribution is 2.20. The molecule has 0 aliphatic rings. The van der Waals surface area contributed by atoms with E-state index in [9.17, 15) is 4.79 Å². The molecule has 0 radical (unpaired) electrons. The number of nitrogens with one attached hydrogen (secondary N) is 1. The van der Waals surface area contributed by atoms with Crippen LogP contribution in [0.25, 0.3) is 0 Å². The van der Waals surface area contributed by atoms with Gasteiger partial charge in [-0.2, -0.15) is 0 Å². The summed E-state index contributed by atoms with van der Waals surface area (Å²) < 4.78 is 5.02. The van der Waals surface area contributed by atoms with Crippen LogP contribution in [0.5, 0.6) is 0 Å². The Kier molecular flexibility index (Phi) is 5.16. The van der Waals surface area contributed by atoms with Gasteiger partial charge in [-0.05, 0) is 30.9 Å². The van der Waals surface area contributed by atoms with Crippen molar-refractivity contribution in [3.63, 3.8) is 0 Å². The van der Waals surface area contributed by atoms with Crippen LogP contribution in [0.2, 0.25) is 0 Å². The Morgan fingerprint density at radius 1 is 1.35 bits per heavy atom. The molecule has 1 atom stereocenters. The van der Waals surface area contributed by atoms with E-state index in [0.29, 0.717) is 13.0 Å². The van der Waals surface area contributed by atoms with Crippen molar-refractivity contribution in [2.75, 3.05) is 19.0 Å². The predicted molar refractivity (Wildman–Crippen MR) is 70.2 cm³/mol. The lowest BCUT2D eigenvalue weighted by Gasteiger charge is -2.13. The molecule has 0 saturated heterocycles. The van der Waals surface area contributed by atoms with Gasteiger partial charge in [-0.3, -0.25) is 4.79 Å². The van der Waals surface area contributed by atoms with Gasteiger partial charge in [-0.15, -0.1) is 0 Å². The lowest BCUT2D eigenvalue weighted by atomic mass is 10.1. The normalized spacial score (nSPS) is 12.2. The van der Waals surface area contributed by atoms with E-state index in [-0.39, 0.29) is 11.8 Å². The number of methoxy groups -OCH3 is 1. The molecule has 0 aromatic heterocycles. The van der Waals surface area contributed by atoms with Crippen LogP contribution in [0, 0.1) is 19.8 Å². The standard InChI is InChI=1S/C14H21NO2/c1-10(9-17-4)8-13(16)15-14-11(2)6-5-7-12(14)3/h5-7,10H,8-9H2,1-4H3,(H,15,16). The number of hydrogen-bond donors (Lipinski definition) is 1. The van der Waals surface area contributed by atoms with Gasteiger partial charge in [0.25, 0.3) is 0 Å². The molecule has 17 heavy (non-hydrogen) atoms. The van der Waals surface area contributed by atoms with Crippen molar-refractivity contribution >= 4 is 11.6 Å². The Bertz CT molecular complexity index is 368. The van der Waals surface area contributed by atoms with Gasteiger partial charge in [0, 0.05) is 25.8 Å². The van der Waals surface area contributed by atoms with Gasteiger partial charge < -0.3 is 10.1 Å². The average Bonchev–Trinajstić information content (AvgIpc) is 2.24. The second-order valence-corrected chi connectivity index (χ2v) is 4.58. The first-order valence-corrected chi connectivity index (χ1v) is 5.89. The number of para-hydroxylation sites is 1. The molecular weight excluding hydrogens is 214 g/mol. The fourth-order valence-corrected chi connectivity index (χ4v) is 1.86. The minimum absolute atomic E-state index is 0.0481. The van der Waals surface area contributed by atoms with E-state index in [4.69, 9.17) is 4.74 Å². The molecule has 0 aliphatic heterocycles. The molecule has 0 bridgehead atoms. The summed E-state index contributed by atoms with van der Waals surface area (Å²) in [7, 11) is 1.65. The van der Waals surface area contributed by atoms with Crippen molar-refractivity contribution in [3.05, 3.63) is 29.3 Å². The van der Waals surface area contributed by atoms with E-state index in [1.807, 2.05) is 39.0 Å². The average molecular weight is 235 g/mol. The van der Waals surface area contributed by atoms with Crippen molar-refractivity contribution in [1.29, 1.82) is 0 Å². The molecule has 0 spiro atoms. The number of carbonyl (C=O) groups excluding carboxylic acids is 1. The topological polar surface area (TPSA) is 38.3 Å². The van der Waals surface area contributed by atoms with E-state index < -0.39 is 0 Å². The molecule has 1 aromatic rings. The molecule has 1 amide bonds. The van der Waals surface area contributed by atoms with Gasteiger partial charge in [-0.25, -0.2) is 0 Å². The van der Waals surface area contributed by atoms with Crippen LogP contribution in [-0.4, -0.2) is 19.6 Å². The third-order valence-corrected chi connectivity index (χ3v) is 2.73. The molecule has 0 fully saturated rings. The summed E-state index contributed by atoms with van der Waals surface area (Å²) >= 11 is 0. The summed E-state index contributed by atoms with van der Waals surface area (Å²) in [6, 6.07) is 6.00. The third-order valence-electron chi connectivity index (χ3n) is 2.73. The van der Waals surface area contributed by atoms with Crippen LogP contribution < -0.4 is 5.32 Å². The number of benzene rings is 1. The number of rotatable bonds is 5. The first kappa shape index (κ1) is 13.7. The highest BCUT2D eigenvalue weighted by Gasteiger charge is 2.11. The highest BCUT2D eigenvalue weighted by molar-refractivity contribution is 5.92. The van der Waals surface area contributed by atoms with Gasteiger partial charge in [0.05, 0.1) is 0 Å². The number of aryl methyl sites for hydroxylation is 2. The predicted octanol–water partition coefficient (Wildman–Crippen LogP) is 2.91. The van der Waals surface area contributed by atoms with Crippen LogP contribution in [0.1, 0.15) is 24.5 Å². The largest absolute Gasteiger partial charge is 0.384 e. The van der Waals surface area contributed by atoms with Crippen LogP contribution in [0.3, 0.4) is 0 Å². The Labute approximate surface area is 103 Å². The highest BCUT2D eigenvalue weighted by atomic mass is 16.5. The maximum absolute atomic E-state index is 11.8. The van der Waals surface area contributed by atoms with E-state index in [1.54, 1.807) is 7.11 Å². The first-order chi connectivity index (χ1) is 8.04. The smallest absolute Gasteiger partial charge is 0.224 e. The SMILES string of the molecule is COCC(C)CC(=O)Nc1c(C)cccc1C. The zero-order chi connectivity index (χ0) is 12.8. The van der Waals surface area contributed by atoms with Crippen LogP contribution in [-0.2, 0) is 9.53 Å². The molecule has 0 heterocycles. The summed E-state index contributed by atoms with van der Waals surface area (Å²) in [6.45, 7) is 6.62. The Hall–Kier alpha value is -1.35. The minimum Gasteiger partial charge on any atom is -0.384 e. The van der Waals surface area contributed by atoms with Gasteiger partial charge in [0.1, 0.15) is 0 Å². The fraction of sp³-hybridized carbons (Fsp3) is 0.500. The summed E-state index contributed by atoms with van der Waals surface area (Å²) in [5, 5.41) is 2.97. The summed E-state index contributed by atoms with van der Waals surface area (Å²) in [4.78, 5) is 11.8. The lowest BCUT2D eigenvalue weighted by molar-refractivity contribution is -0.117. The van der Waals surface area contributed by atoms with Crippen molar-refractivity contribution in [2.24, 2.45) is 5.92 Å². The van der Waals surface area contributed by atoms with Crippen molar-refractivity contribution in [1.82, 2.24) is 0 Å². The summed E-state index contributed by atoms with van der Waals surface area (Å²) in [6.07, 6.45) is 0.488. The second-order valence-electron chi connectivity index (χ2n) is 4.58.